The second-order valence-corrected chi connectivity index (χ2v) is 13.6. The zero-order chi connectivity index (χ0) is 30.1. The highest BCUT2D eigenvalue weighted by molar-refractivity contribution is 5.93. The van der Waals surface area contributed by atoms with Gasteiger partial charge in [0, 0.05) is 24.6 Å². The second-order valence-electron chi connectivity index (χ2n) is 13.6. The SMILES string of the molecule is COC(=O)[C@]12C[C@H](CC(=O)NCC3CCCCC3)C(=O)N(Cc3cccc4ccccc34)C1=C[C@H](C(C)C)O[C@@H]2C1CC1. The third kappa shape index (κ3) is 5.85. The number of esters is 1. The molecule has 0 spiro atoms. The largest absolute Gasteiger partial charge is 0.468 e. The van der Waals surface area contributed by atoms with Crippen LogP contribution in [0, 0.1) is 29.1 Å². The normalized spacial score (nSPS) is 28.0. The minimum absolute atomic E-state index is 0.0502. The Hall–Kier alpha value is -3.19. The molecule has 7 heteroatoms. The van der Waals surface area contributed by atoms with E-state index in [9.17, 15) is 14.4 Å². The van der Waals surface area contributed by atoms with Crippen molar-refractivity contribution in [2.24, 2.45) is 29.1 Å². The first-order chi connectivity index (χ1) is 20.8. The summed E-state index contributed by atoms with van der Waals surface area (Å²) in [5.41, 5.74) is 0.552. The maximum atomic E-state index is 14.5. The van der Waals surface area contributed by atoms with Crippen LogP contribution in [-0.4, -0.2) is 48.5 Å². The molecule has 4 atom stereocenters. The van der Waals surface area contributed by atoms with Crippen LogP contribution in [0.25, 0.3) is 10.8 Å². The second kappa shape index (κ2) is 12.4. The van der Waals surface area contributed by atoms with Gasteiger partial charge in [-0.1, -0.05) is 75.6 Å². The Morgan fingerprint density at radius 1 is 1.05 bits per heavy atom. The van der Waals surface area contributed by atoms with Crippen LogP contribution in [-0.2, 0) is 30.4 Å². The molecule has 2 heterocycles. The van der Waals surface area contributed by atoms with E-state index in [2.05, 4.69) is 37.4 Å². The Labute approximate surface area is 255 Å². The predicted molar refractivity (Wildman–Crippen MR) is 166 cm³/mol. The zero-order valence-corrected chi connectivity index (χ0v) is 25.8. The number of hydrogen-bond donors (Lipinski definition) is 1. The molecule has 0 bridgehead atoms. The summed E-state index contributed by atoms with van der Waals surface area (Å²) < 4.78 is 12.3. The summed E-state index contributed by atoms with van der Waals surface area (Å²) >= 11 is 0. The lowest BCUT2D eigenvalue weighted by atomic mass is 9.64. The number of ether oxygens (including phenoxy) is 2. The summed E-state index contributed by atoms with van der Waals surface area (Å²) in [5.74, 6) is -0.372. The molecule has 0 aromatic heterocycles. The first-order valence-corrected chi connectivity index (χ1v) is 16.3. The van der Waals surface area contributed by atoms with Crippen LogP contribution in [0.5, 0.6) is 0 Å². The molecule has 43 heavy (non-hydrogen) atoms. The molecule has 3 fully saturated rings. The van der Waals surface area contributed by atoms with Crippen molar-refractivity contribution in [3.05, 3.63) is 59.8 Å². The van der Waals surface area contributed by atoms with Crippen LogP contribution in [0.2, 0.25) is 0 Å². The van der Waals surface area contributed by atoms with Crippen molar-refractivity contribution < 1.29 is 23.9 Å². The van der Waals surface area contributed by atoms with Gasteiger partial charge in [0.15, 0.2) is 0 Å². The standard InChI is InChI=1S/C36H46N2O5/c1-23(2)30-19-31-36(35(41)42-3,33(43-30)26-16-17-26)20-28(18-32(39)37-21-24-10-5-4-6-11-24)34(40)38(31)22-27-14-9-13-25-12-7-8-15-29(25)27/h7-9,12-15,19,23-24,26,28,30,33H,4-6,10-11,16-18,20-22H2,1-3H3,(H,37,39)/t28-,30+,33+,36+/m0/s1. The van der Waals surface area contributed by atoms with Gasteiger partial charge in [-0.25, -0.2) is 0 Å². The lowest BCUT2D eigenvalue weighted by molar-refractivity contribution is -0.182. The Bertz CT molecular complexity index is 1390. The van der Waals surface area contributed by atoms with Crippen molar-refractivity contribution >= 4 is 28.6 Å². The van der Waals surface area contributed by atoms with Crippen molar-refractivity contribution in [2.45, 2.75) is 90.4 Å². The molecule has 1 N–H and O–H groups in total. The fourth-order valence-electron chi connectivity index (χ4n) is 7.76. The van der Waals surface area contributed by atoms with Gasteiger partial charge in [0.05, 0.1) is 25.9 Å². The third-order valence-corrected chi connectivity index (χ3v) is 10.3. The van der Waals surface area contributed by atoms with Crippen LogP contribution >= 0.6 is 0 Å². The highest BCUT2D eigenvalue weighted by atomic mass is 16.5. The van der Waals surface area contributed by atoms with E-state index in [0.717, 1.165) is 42.0 Å². The molecule has 2 aliphatic carbocycles. The number of amides is 2. The maximum Gasteiger partial charge on any atom is 0.320 e. The predicted octanol–water partition coefficient (Wildman–Crippen LogP) is 6.15. The molecule has 1 saturated heterocycles. The Morgan fingerprint density at radius 3 is 2.51 bits per heavy atom. The number of fused-ring (bicyclic) bond motifs is 2. The summed E-state index contributed by atoms with van der Waals surface area (Å²) in [4.78, 5) is 43.7. The Kier molecular flexibility index (Phi) is 8.63. The van der Waals surface area contributed by atoms with Crippen LogP contribution in [0.1, 0.15) is 77.2 Å². The minimum atomic E-state index is -1.14. The summed E-state index contributed by atoms with van der Waals surface area (Å²) in [6.07, 6.45) is 9.56. The van der Waals surface area contributed by atoms with Crippen LogP contribution in [0.15, 0.2) is 54.2 Å². The van der Waals surface area contributed by atoms with Gasteiger partial charge in [0.1, 0.15) is 5.41 Å². The molecule has 2 amide bonds. The number of nitrogens with one attached hydrogen (secondary N) is 1. The topological polar surface area (TPSA) is 84.9 Å². The monoisotopic (exact) mass is 586 g/mol. The van der Waals surface area contributed by atoms with E-state index in [-0.39, 0.29) is 48.6 Å². The van der Waals surface area contributed by atoms with Crippen molar-refractivity contribution in [1.82, 2.24) is 10.2 Å². The van der Waals surface area contributed by atoms with E-state index in [1.807, 2.05) is 30.3 Å². The highest BCUT2D eigenvalue weighted by Gasteiger charge is 2.63. The Morgan fingerprint density at radius 2 is 1.79 bits per heavy atom. The van der Waals surface area contributed by atoms with E-state index in [4.69, 9.17) is 9.47 Å². The van der Waals surface area contributed by atoms with E-state index in [0.29, 0.717) is 24.7 Å². The Balaban J connectivity index is 1.39. The number of nitrogens with zero attached hydrogens (tertiary/aromatic N) is 1. The fourth-order valence-corrected chi connectivity index (χ4v) is 7.76. The van der Waals surface area contributed by atoms with Crippen molar-refractivity contribution in [2.75, 3.05) is 13.7 Å². The van der Waals surface area contributed by atoms with Crippen LogP contribution < -0.4 is 5.32 Å². The molecule has 0 unspecified atom stereocenters. The number of rotatable bonds is 9. The van der Waals surface area contributed by atoms with E-state index >= 15 is 0 Å². The molecule has 0 radical (unpaired) electrons. The maximum absolute atomic E-state index is 14.5. The van der Waals surface area contributed by atoms with Gasteiger partial charge in [0.2, 0.25) is 11.8 Å². The third-order valence-electron chi connectivity index (χ3n) is 10.3. The summed E-state index contributed by atoms with van der Waals surface area (Å²) in [5, 5.41) is 5.30. The molecule has 7 nitrogen and oxygen atoms in total. The summed E-state index contributed by atoms with van der Waals surface area (Å²) in [7, 11) is 1.42. The van der Waals surface area contributed by atoms with E-state index in [1.54, 1.807) is 4.90 Å². The average Bonchev–Trinajstić information content (AvgIpc) is 3.87. The van der Waals surface area contributed by atoms with Gasteiger partial charge in [-0.15, -0.1) is 0 Å². The number of piperidine rings is 1. The number of hydrogen-bond acceptors (Lipinski definition) is 5. The molecule has 2 aromatic carbocycles. The molecule has 6 rings (SSSR count). The lowest BCUT2D eigenvalue weighted by Gasteiger charge is -2.53. The van der Waals surface area contributed by atoms with Gasteiger partial charge in [-0.2, -0.15) is 0 Å². The molecular weight excluding hydrogens is 540 g/mol. The number of carbonyl (C=O) groups excluding carboxylic acids is 3. The van der Waals surface area contributed by atoms with Crippen molar-refractivity contribution in [1.29, 1.82) is 0 Å². The average molecular weight is 587 g/mol. The quantitative estimate of drug-likeness (QED) is 0.356. The van der Waals surface area contributed by atoms with E-state index in [1.165, 1.54) is 26.4 Å². The molecule has 230 valence electrons. The van der Waals surface area contributed by atoms with Crippen molar-refractivity contribution in [3.63, 3.8) is 0 Å². The first kappa shape index (κ1) is 29.9. The van der Waals surface area contributed by atoms with Crippen LogP contribution in [0.4, 0.5) is 0 Å². The summed E-state index contributed by atoms with van der Waals surface area (Å²) in [6.45, 7) is 5.18. The van der Waals surface area contributed by atoms with Gasteiger partial charge in [-0.05, 0) is 72.3 Å². The molecule has 2 aromatic rings. The smallest absolute Gasteiger partial charge is 0.320 e. The molecular formula is C36H46N2O5. The highest BCUT2D eigenvalue weighted by Crippen LogP contribution is 2.57. The fraction of sp³-hybridized carbons (Fsp3) is 0.583. The first-order valence-electron chi connectivity index (χ1n) is 16.3. The van der Waals surface area contributed by atoms with Gasteiger partial charge >= 0.3 is 5.97 Å². The zero-order valence-electron chi connectivity index (χ0n) is 25.8. The van der Waals surface area contributed by atoms with Gasteiger partial charge < -0.3 is 19.7 Å². The van der Waals surface area contributed by atoms with Gasteiger partial charge in [0.25, 0.3) is 0 Å². The number of benzene rings is 2. The number of likely N-dealkylation sites (tertiary alicyclic amines) is 1. The van der Waals surface area contributed by atoms with Crippen molar-refractivity contribution in [3.8, 4) is 0 Å². The van der Waals surface area contributed by atoms with Gasteiger partial charge in [-0.3, -0.25) is 14.4 Å². The molecule has 4 aliphatic rings. The lowest BCUT2D eigenvalue weighted by Crippen LogP contribution is -2.61. The van der Waals surface area contributed by atoms with E-state index < -0.39 is 17.4 Å². The number of carbonyl (C=O) groups is 3. The molecule has 2 saturated carbocycles. The summed E-state index contributed by atoms with van der Waals surface area (Å²) in [6, 6.07) is 14.3. The molecule has 2 aliphatic heterocycles. The minimum Gasteiger partial charge on any atom is -0.468 e. The number of methoxy groups -OCH3 is 1. The van der Waals surface area contributed by atoms with Crippen LogP contribution in [0.3, 0.4) is 0 Å².